The van der Waals surface area contributed by atoms with Gasteiger partial charge in [-0.2, -0.15) is 0 Å². The van der Waals surface area contributed by atoms with Gasteiger partial charge in [0.05, 0.1) is 19.6 Å². The number of ether oxygens (including phenoxy) is 1. The van der Waals surface area contributed by atoms with E-state index in [9.17, 15) is 14.4 Å². The summed E-state index contributed by atoms with van der Waals surface area (Å²) in [5.74, 6) is -2.26. The third-order valence-electron chi connectivity index (χ3n) is 1.40. The lowest BCUT2D eigenvalue weighted by atomic mass is 10.1. The van der Waals surface area contributed by atoms with E-state index in [-0.39, 0.29) is 6.42 Å². The Hall–Kier alpha value is -1.43. The lowest BCUT2D eigenvalue weighted by Crippen LogP contribution is -2.42. The average molecular weight is 188 g/mol. The number of likely N-dealkylation sites (N-methyl/N-ethyl adjacent to an activating group) is 1. The fourth-order valence-corrected chi connectivity index (χ4v) is 0.647. The molecule has 0 saturated heterocycles. The fourth-order valence-electron chi connectivity index (χ4n) is 0.647. The molecule has 0 fully saturated rings. The van der Waals surface area contributed by atoms with Crippen LogP contribution < -0.4 is 11.1 Å². The van der Waals surface area contributed by atoms with Gasteiger partial charge >= 0.3 is 5.97 Å². The van der Waals surface area contributed by atoms with Gasteiger partial charge in [-0.15, -0.1) is 0 Å². The molecule has 0 saturated carbocycles. The molecule has 0 aromatic rings. The number of Topliss-reactive ketones (excluding diaryl/α,β-unsaturated/α-hetero) is 1. The number of ketones is 1. The second kappa shape index (κ2) is 5.26. The van der Waals surface area contributed by atoms with Gasteiger partial charge in [0.2, 0.25) is 5.78 Å². The summed E-state index contributed by atoms with van der Waals surface area (Å²) in [6.45, 7) is 0. The van der Waals surface area contributed by atoms with Gasteiger partial charge < -0.3 is 15.8 Å². The average Bonchev–Trinajstić information content (AvgIpc) is 2.14. The zero-order chi connectivity index (χ0) is 10.4. The third kappa shape index (κ3) is 3.66. The molecule has 0 unspecified atom stereocenters. The van der Waals surface area contributed by atoms with E-state index in [0.29, 0.717) is 0 Å². The van der Waals surface area contributed by atoms with Crippen LogP contribution >= 0.6 is 0 Å². The topological polar surface area (TPSA) is 98.5 Å². The van der Waals surface area contributed by atoms with Crippen LogP contribution in [0.5, 0.6) is 0 Å². The van der Waals surface area contributed by atoms with Crippen LogP contribution in [-0.2, 0) is 19.1 Å². The maximum Gasteiger partial charge on any atom is 0.307 e. The Morgan fingerprint density at radius 1 is 1.46 bits per heavy atom. The van der Waals surface area contributed by atoms with Crippen LogP contribution in [0.1, 0.15) is 6.42 Å². The van der Waals surface area contributed by atoms with Gasteiger partial charge in [-0.25, -0.2) is 0 Å². The number of nitrogens with one attached hydrogen (secondary N) is 1. The molecule has 1 atom stereocenters. The molecular weight excluding hydrogens is 176 g/mol. The predicted octanol–water partition coefficient (Wildman–Crippen LogP) is -1.81. The number of rotatable bonds is 4. The molecule has 0 aliphatic carbocycles. The fraction of sp³-hybridized carbons (Fsp3) is 0.571. The molecule has 0 aliphatic heterocycles. The molecule has 1 amide bonds. The summed E-state index contributed by atoms with van der Waals surface area (Å²) in [7, 11) is 2.49. The molecule has 74 valence electrons. The highest BCUT2D eigenvalue weighted by Gasteiger charge is 2.23. The maximum absolute atomic E-state index is 11.0. The lowest BCUT2D eigenvalue weighted by Gasteiger charge is -2.06. The molecule has 13 heavy (non-hydrogen) atoms. The van der Waals surface area contributed by atoms with Crippen molar-refractivity contribution in [1.82, 2.24) is 5.32 Å². The van der Waals surface area contributed by atoms with E-state index >= 15 is 0 Å². The van der Waals surface area contributed by atoms with E-state index in [1.54, 1.807) is 0 Å². The second-order valence-corrected chi connectivity index (χ2v) is 2.33. The summed E-state index contributed by atoms with van der Waals surface area (Å²) < 4.78 is 4.28. The minimum absolute atomic E-state index is 0.289. The van der Waals surface area contributed by atoms with Crippen molar-refractivity contribution in [2.45, 2.75) is 12.5 Å². The Morgan fingerprint density at radius 3 is 2.38 bits per heavy atom. The Bertz CT molecular complexity index is 227. The molecule has 0 radical (unpaired) electrons. The standard InChI is InChI=1S/C7H12N2O4/c1-9-7(12)6(11)4(8)3-5(10)13-2/h4H,3,8H2,1-2H3,(H,9,12)/t4-/m0/s1. The number of esters is 1. The molecule has 0 heterocycles. The van der Waals surface area contributed by atoms with Crippen LogP contribution in [0.2, 0.25) is 0 Å². The van der Waals surface area contributed by atoms with E-state index < -0.39 is 23.7 Å². The Kier molecular flexibility index (Phi) is 4.68. The van der Waals surface area contributed by atoms with E-state index in [1.807, 2.05) is 0 Å². The summed E-state index contributed by atoms with van der Waals surface area (Å²) in [4.78, 5) is 32.4. The van der Waals surface area contributed by atoms with Crippen LogP contribution in [0.25, 0.3) is 0 Å². The summed E-state index contributed by atoms with van der Waals surface area (Å²) in [6, 6.07) is -1.13. The highest BCUT2D eigenvalue weighted by Crippen LogP contribution is 1.92. The summed E-state index contributed by atoms with van der Waals surface area (Å²) in [5, 5.41) is 2.12. The zero-order valence-corrected chi connectivity index (χ0v) is 7.49. The van der Waals surface area contributed by atoms with Gasteiger partial charge in [0.1, 0.15) is 0 Å². The number of nitrogens with two attached hydrogens (primary N) is 1. The molecule has 0 spiro atoms. The number of carbonyl (C=O) groups is 3. The molecule has 0 aromatic carbocycles. The van der Waals surface area contributed by atoms with Gasteiger partial charge in [0.25, 0.3) is 5.91 Å². The van der Waals surface area contributed by atoms with Crippen molar-refractivity contribution in [3.8, 4) is 0 Å². The first kappa shape index (κ1) is 11.6. The van der Waals surface area contributed by atoms with Crippen molar-refractivity contribution in [3.05, 3.63) is 0 Å². The quantitative estimate of drug-likeness (QED) is 0.400. The van der Waals surface area contributed by atoms with Crippen molar-refractivity contribution < 1.29 is 19.1 Å². The van der Waals surface area contributed by atoms with Crippen LogP contribution in [-0.4, -0.2) is 37.9 Å². The highest BCUT2D eigenvalue weighted by molar-refractivity contribution is 6.38. The number of methoxy groups -OCH3 is 1. The first-order chi connectivity index (χ1) is 6.02. The van der Waals surface area contributed by atoms with E-state index in [2.05, 4.69) is 10.1 Å². The van der Waals surface area contributed by atoms with Crippen LogP contribution in [0, 0.1) is 0 Å². The SMILES string of the molecule is CNC(=O)C(=O)[C@@H](N)CC(=O)OC. The molecule has 0 bridgehead atoms. The van der Waals surface area contributed by atoms with Gasteiger partial charge in [0.15, 0.2) is 0 Å². The molecule has 0 rings (SSSR count). The highest BCUT2D eigenvalue weighted by atomic mass is 16.5. The van der Waals surface area contributed by atoms with Gasteiger partial charge in [-0.1, -0.05) is 0 Å². The Labute approximate surface area is 75.4 Å². The lowest BCUT2D eigenvalue weighted by molar-refractivity contribution is -0.144. The molecule has 6 nitrogen and oxygen atoms in total. The number of hydrogen-bond donors (Lipinski definition) is 2. The van der Waals surface area contributed by atoms with Crippen molar-refractivity contribution in [2.24, 2.45) is 5.73 Å². The van der Waals surface area contributed by atoms with Crippen LogP contribution in [0.15, 0.2) is 0 Å². The molecule has 0 aliphatic rings. The normalized spacial score (nSPS) is 11.6. The minimum atomic E-state index is -1.13. The third-order valence-corrected chi connectivity index (χ3v) is 1.40. The van der Waals surface area contributed by atoms with Crippen molar-refractivity contribution >= 4 is 17.7 Å². The number of carbonyl (C=O) groups excluding carboxylic acids is 3. The van der Waals surface area contributed by atoms with E-state index in [1.165, 1.54) is 14.2 Å². The van der Waals surface area contributed by atoms with Crippen LogP contribution in [0.4, 0.5) is 0 Å². The molecular formula is C7H12N2O4. The van der Waals surface area contributed by atoms with Crippen molar-refractivity contribution in [1.29, 1.82) is 0 Å². The number of amides is 1. The molecule has 6 heteroatoms. The van der Waals surface area contributed by atoms with Crippen LogP contribution in [0.3, 0.4) is 0 Å². The smallest absolute Gasteiger partial charge is 0.307 e. The van der Waals surface area contributed by atoms with Crippen molar-refractivity contribution in [2.75, 3.05) is 14.2 Å². The Morgan fingerprint density at radius 2 is 2.00 bits per heavy atom. The van der Waals surface area contributed by atoms with Crippen molar-refractivity contribution in [3.63, 3.8) is 0 Å². The predicted molar refractivity (Wildman–Crippen MR) is 43.7 cm³/mol. The first-order valence-corrected chi connectivity index (χ1v) is 3.61. The molecule has 3 N–H and O–H groups in total. The second-order valence-electron chi connectivity index (χ2n) is 2.33. The largest absolute Gasteiger partial charge is 0.469 e. The first-order valence-electron chi connectivity index (χ1n) is 3.61. The summed E-state index contributed by atoms with van der Waals surface area (Å²) in [6.07, 6.45) is -0.289. The van der Waals surface area contributed by atoms with E-state index in [0.717, 1.165) is 0 Å². The van der Waals surface area contributed by atoms with E-state index in [4.69, 9.17) is 5.73 Å². The number of hydrogen-bond acceptors (Lipinski definition) is 5. The van der Waals surface area contributed by atoms with Gasteiger partial charge in [0, 0.05) is 7.05 Å². The monoisotopic (exact) mass is 188 g/mol. The maximum atomic E-state index is 11.0. The van der Waals surface area contributed by atoms with Gasteiger partial charge in [-0.05, 0) is 0 Å². The minimum Gasteiger partial charge on any atom is -0.469 e. The molecule has 0 aromatic heterocycles. The Balaban J connectivity index is 4.11. The van der Waals surface area contributed by atoms with Gasteiger partial charge in [-0.3, -0.25) is 14.4 Å². The zero-order valence-electron chi connectivity index (χ0n) is 7.49. The summed E-state index contributed by atoms with van der Waals surface area (Å²) >= 11 is 0. The summed E-state index contributed by atoms with van der Waals surface area (Å²) in [5.41, 5.74) is 5.26.